The van der Waals surface area contributed by atoms with Gasteiger partial charge in [0.25, 0.3) is 0 Å². The zero-order chi connectivity index (χ0) is 14.8. The number of fused-ring (bicyclic) bond motifs is 1. The first-order valence-corrected chi connectivity index (χ1v) is 6.57. The molecule has 2 aromatic carbocycles. The van der Waals surface area contributed by atoms with E-state index in [4.69, 9.17) is 5.11 Å². The van der Waals surface area contributed by atoms with E-state index in [1.807, 2.05) is 24.3 Å². The number of hydrogen-bond donors (Lipinski definition) is 2. The van der Waals surface area contributed by atoms with E-state index in [1.165, 1.54) is 12.1 Å². The van der Waals surface area contributed by atoms with Crippen LogP contribution in [0.15, 0.2) is 60.3 Å². The Kier molecular flexibility index (Phi) is 3.28. The molecule has 2 aromatic rings. The number of anilines is 1. The first kappa shape index (κ1) is 13.1. The van der Waals surface area contributed by atoms with Gasteiger partial charge in [-0.3, -0.25) is 4.79 Å². The van der Waals surface area contributed by atoms with Gasteiger partial charge < -0.3 is 10.4 Å². The quantitative estimate of drug-likeness (QED) is 0.847. The molecule has 0 bridgehead atoms. The highest BCUT2D eigenvalue weighted by molar-refractivity contribution is 6.13. The van der Waals surface area contributed by atoms with E-state index < -0.39 is 5.97 Å². The molecule has 0 unspecified atom stereocenters. The number of hydrogen-bond acceptors (Lipinski definition) is 3. The van der Waals surface area contributed by atoms with Gasteiger partial charge in [-0.05, 0) is 29.8 Å². The summed E-state index contributed by atoms with van der Waals surface area (Å²) in [7, 11) is 0. The lowest BCUT2D eigenvalue weighted by Crippen LogP contribution is -2.00. The summed E-state index contributed by atoms with van der Waals surface area (Å²) in [5.74, 6) is -0.915. The fraction of sp³-hybridized carbons (Fsp3) is 0.0588. The van der Waals surface area contributed by atoms with Gasteiger partial charge >= 0.3 is 5.97 Å². The monoisotopic (exact) mass is 279 g/mol. The van der Waals surface area contributed by atoms with Crippen molar-refractivity contribution in [3.8, 4) is 0 Å². The van der Waals surface area contributed by atoms with Gasteiger partial charge in [0.1, 0.15) is 0 Å². The van der Waals surface area contributed by atoms with E-state index >= 15 is 0 Å². The number of ketones is 1. The molecule has 3 rings (SSSR count). The Bertz CT molecular complexity index is 745. The van der Waals surface area contributed by atoms with Gasteiger partial charge in [-0.25, -0.2) is 4.79 Å². The maximum atomic E-state index is 12.2. The Labute approximate surface area is 121 Å². The molecule has 0 aliphatic heterocycles. The minimum Gasteiger partial charge on any atom is -0.478 e. The number of rotatable bonds is 3. The van der Waals surface area contributed by atoms with Crippen LogP contribution in [0.3, 0.4) is 0 Å². The van der Waals surface area contributed by atoms with Crippen LogP contribution in [0.4, 0.5) is 5.69 Å². The summed E-state index contributed by atoms with van der Waals surface area (Å²) in [4.78, 5) is 22.9. The van der Waals surface area contributed by atoms with Crippen LogP contribution < -0.4 is 5.32 Å². The van der Waals surface area contributed by atoms with E-state index in [-0.39, 0.29) is 11.3 Å². The second kappa shape index (κ2) is 5.25. The van der Waals surface area contributed by atoms with E-state index in [0.29, 0.717) is 12.0 Å². The zero-order valence-electron chi connectivity index (χ0n) is 11.2. The van der Waals surface area contributed by atoms with Crippen molar-refractivity contribution in [2.24, 2.45) is 0 Å². The molecule has 1 aliphatic rings. The molecule has 0 saturated heterocycles. The Balaban J connectivity index is 1.76. The number of carboxylic acid groups (broad SMARTS) is 1. The van der Waals surface area contributed by atoms with E-state index in [1.54, 1.807) is 18.3 Å². The first-order chi connectivity index (χ1) is 10.1. The van der Waals surface area contributed by atoms with Crippen molar-refractivity contribution in [3.05, 3.63) is 77.0 Å². The maximum absolute atomic E-state index is 12.2. The topological polar surface area (TPSA) is 66.4 Å². The average Bonchev–Trinajstić information content (AvgIpc) is 2.82. The minimum absolute atomic E-state index is 0.0419. The van der Waals surface area contributed by atoms with Gasteiger partial charge in [0.2, 0.25) is 0 Å². The second-order valence-electron chi connectivity index (χ2n) is 4.86. The van der Waals surface area contributed by atoms with Gasteiger partial charge in [-0.15, -0.1) is 0 Å². The molecule has 0 saturated carbocycles. The van der Waals surface area contributed by atoms with Crippen LogP contribution in [0.2, 0.25) is 0 Å². The molecule has 0 amide bonds. The Morgan fingerprint density at radius 1 is 1.10 bits per heavy atom. The third kappa shape index (κ3) is 2.56. The van der Waals surface area contributed by atoms with Crippen LogP contribution in [0, 0.1) is 0 Å². The van der Waals surface area contributed by atoms with Crippen molar-refractivity contribution in [1.82, 2.24) is 0 Å². The van der Waals surface area contributed by atoms with Crippen LogP contribution in [0.1, 0.15) is 26.3 Å². The second-order valence-corrected chi connectivity index (χ2v) is 4.86. The molecular weight excluding hydrogens is 266 g/mol. The molecule has 2 N–H and O–H groups in total. The molecule has 1 aliphatic carbocycles. The number of Topliss-reactive ketones (excluding diaryl/α,β-unsaturated/α-hetero) is 1. The lowest BCUT2D eigenvalue weighted by molar-refractivity contribution is 0.0696. The molecule has 0 heterocycles. The molecule has 21 heavy (non-hydrogen) atoms. The van der Waals surface area contributed by atoms with E-state index in [0.717, 1.165) is 16.8 Å². The zero-order valence-corrected chi connectivity index (χ0v) is 11.2. The molecule has 104 valence electrons. The van der Waals surface area contributed by atoms with E-state index in [9.17, 15) is 9.59 Å². The molecule has 0 spiro atoms. The Morgan fingerprint density at radius 2 is 1.81 bits per heavy atom. The lowest BCUT2D eigenvalue weighted by Gasteiger charge is -2.02. The van der Waals surface area contributed by atoms with Crippen molar-refractivity contribution in [2.45, 2.75) is 6.42 Å². The van der Waals surface area contributed by atoms with E-state index in [2.05, 4.69) is 5.32 Å². The fourth-order valence-electron chi connectivity index (χ4n) is 2.35. The predicted octanol–water partition coefficient (Wildman–Crippen LogP) is 3.12. The Morgan fingerprint density at radius 3 is 2.48 bits per heavy atom. The van der Waals surface area contributed by atoms with Crippen molar-refractivity contribution < 1.29 is 14.7 Å². The molecule has 0 aromatic heterocycles. The largest absolute Gasteiger partial charge is 0.478 e. The number of nitrogens with one attached hydrogen (secondary N) is 1. The molecule has 4 heteroatoms. The number of carboxylic acids is 1. The number of aromatic carboxylic acids is 1. The third-order valence-electron chi connectivity index (χ3n) is 3.48. The summed E-state index contributed by atoms with van der Waals surface area (Å²) in [6, 6.07) is 14.0. The van der Waals surface area contributed by atoms with Crippen LogP contribution in [0.5, 0.6) is 0 Å². The maximum Gasteiger partial charge on any atom is 0.335 e. The number of carbonyl (C=O) groups is 2. The molecule has 0 atom stereocenters. The van der Waals surface area contributed by atoms with Crippen LogP contribution >= 0.6 is 0 Å². The molecule has 0 radical (unpaired) electrons. The number of carbonyl (C=O) groups excluding carboxylic acids is 1. The highest BCUT2D eigenvalue weighted by Crippen LogP contribution is 2.25. The number of benzene rings is 2. The predicted molar refractivity (Wildman–Crippen MR) is 79.6 cm³/mol. The minimum atomic E-state index is -0.957. The highest BCUT2D eigenvalue weighted by Gasteiger charge is 2.23. The van der Waals surface area contributed by atoms with Gasteiger partial charge in [0.05, 0.1) is 5.56 Å². The van der Waals surface area contributed by atoms with Gasteiger partial charge in [0.15, 0.2) is 5.78 Å². The normalized spacial score (nSPS) is 15.0. The van der Waals surface area contributed by atoms with Gasteiger partial charge in [0, 0.05) is 29.4 Å². The molecule has 0 fully saturated rings. The summed E-state index contributed by atoms with van der Waals surface area (Å²) < 4.78 is 0. The van der Waals surface area contributed by atoms with Crippen molar-refractivity contribution >= 4 is 17.4 Å². The third-order valence-corrected chi connectivity index (χ3v) is 3.48. The summed E-state index contributed by atoms with van der Waals surface area (Å²) >= 11 is 0. The SMILES string of the molecule is O=C(O)c1ccc(N/C=C2\Cc3ccccc3C2=O)cc1. The highest BCUT2D eigenvalue weighted by atomic mass is 16.4. The summed E-state index contributed by atoms with van der Waals surface area (Å²) in [5.41, 5.74) is 3.48. The lowest BCUT2D eigenvalue weighted by atomic mass is 10.1. The van der Waals surface area contributed by atoms with Gasteiger partial charge in [-0.1, -0.05) is 24.3 Å². The van der Waals surface area contributed by atoms with Crippen LogP contribution in [-0.2, 0) is 6.42 Å². The van der Waals surface area contributed by atoms with Crippen LogP contribution in [-0.4, -0.2) is 16.9 Å². The van der Waals surface area contributed by atoms with Gasteiger partial charge in [-0.2, -0.15) is 0 Å². The average molecular weight is 279 g/mol. The van der Waals surface area contributed by atoms with Crippen molar-refractivity contribution in [1.29, 1.82) is 0 Å². The summed E-state index contributed by atoms with van der Waals surface area (Å²) in [6.45, 7) is 0. The first-order valence-electron chi connectivity index (χ1n) is 6.57. The van der Waals surface area contributed by atoms with Crippen molar-refractivity contribution in [3.63, 3.8) is 0 Å². The molecular formula is C17H13NO3. The fourth-order valence-corrected chi connectivity index (χ4v) is 2.35. The molecule has 4 nitrogen and oxygen atoms in total. The van der Waals surface area contributed by atoms with Crippen LogP contribution in [0.25, 0.3) is 0 Å². The standard InChI is InChI=1S/C17H13NO3/c19-16-13(9-12-3-1-2-4-15(12)16)10-18-14-7-5-11(6-8-14)17(20)21/h1-8,10,18H,9H2,(H,20,21)/b13-10+. The summed E-state index contributed by atoms with van der Waals surface area (Å²) in [6.07, 6.45) is 2.31. The van der Waals surface area contributed by atoms with Crippen molar-refractivity contribution in [2.75, 3.05) is 5.32 Å². The Hall–Kier alpha value is -2.88. The smallest absolute Gasteiger partial charge is 0.335 e. The summed E-state index contributed by atoms with van der Waals surface area (Å²) in [5, 5.41) is 11.9. The number of allylic oxidation sites excluding steroid dienone is 1.